The Morgan fingerprint density at radius 2 is 1.73 bits per heavy atom. The Bertz CT molecular complexity index is 1640. The molecule has 2 amide bonds. The Kier molecular flexibility index (Phi) is 10.8. The second-order valence-corrected chi connectivity index (χ2v) is 12.9. The average Bonchev–Trinajstić information content (AvgIpc) is 3.03. The van der Waals surface area contributed by atoms with Crippen molar-refractivity contribution in [3.8, 4) is 5.75 Å². The first-order valence-corrected chi connectivity index (χ1v) is 16.1. The zero-order chi connectivity index (χ0) is 32.7. The smallest absolute Gasteiger partial charge is 0.273 e. The molecule has 45 heavy (non-hydrogen) atoms. The van der Waals surface area contributed by atoms with Crippen LogP contribution in [0.2, 0.25) is 0 Å². The molecule has 1 atom stereocenters. The molecular weight excluding hydrogens is 603 g/mol. The van der Waals surface area contributed by atoms with Crippen LogP contribution in [0, 0.1) is 22.9 Å². The summed E-state index contributed by atoms with van der Waals surface area (Å²) < 4.78 is 48.9. The number of aryl methyl sites for hydroxylation is 1. The van der Waals surface area contributed by atoms with Gasteiger partial charge in [-0.3, -0.25) is 24.0 Å². The number of hydrogen-bond acceptors (Lipinski definition) is 7. The minimum Gasteiger partial charge on any atom is -0.497 e. The summed E-state index contributed by atoms with van der Waals surface area (Å²) in [7, 11) is -3.12. The van der Waals surface area contributed by atoms with Crippen molar-refractivity contribution in [3.05, 3.63) is 93.8 Å². The second kappa shape index (κ2) is 14.5. The highest BCUT2D eigenvalue weighted by Crippen LogP contribution is 2.30. The molecule has 1 aliphatic carbocycles. The van der Waals surface area contributed by atoms with Gasteiger partial charge in [-0.25, -0.2) is 12.8 Å². The van der Waals surface area contributed by atoms with Crippen molar-refractivity contribution in [2.45, 2.75) is 69.5 Å². The van der Waals surface area contributed by atoms with E-state index in [9.17, 15) is 32.5 Å². The lowest BCUT2D eigenvalue weighted by atomic mass is 9.95. The highest BCUT2D eigenvalue weighted by Gasteiger charge is 2.34. The second-order valence-electron chi connectivity index (χ2n) is 11.0. The lowest BCUT2D eigenvalue weighted by Gasteiger charge is -2.33. The first kappa shape index (κ1) is 33.4. The van der Waals surface area contributed by atoms with E-state index in [1.165, 1.54) is 75.6 Å². The van der Waals surface area contributed by atoms with Gasteiger partial charge in [-0.05, 0) is 63.1 Å². The van der Waals surface area contributed by atoms with E-state index in [0.29, 0.717) is 5.75 Å². The lowest BCUT2D eigenvalue weighted by molar-refractivity contribution is -0.385. The Morgan fingerprint density at radius 1 is 1.07 bits per heavy atom. The van der Waals surface area contributed by atoms with Crippen LogP contribution >= 0.6 is 0 Å². The number of carbonyl (C=O) groups is 2. The van der Waals surface area contributed by atoms with Crippen molar-refractivity contribution in [2.75, 3.05) is 18.0 Å². The van der Waals surface area contributed by atoms with E-state index in [1.807, 2.05) is 0 Å². The number of nitrogens with zero attached hydrogens (tertiary/aromatic N) is 3. The van der Waals surface area contributed by atoms with Gasteiger partial charge in [-0.2, -0.15) is 0 Å². The van der Waals surface area contributed by atoms with Gasteiger partial charge in [0.15, 0.2) is 0 Å². The van der Waals surface area contributed by atoms with Crippen molar-refractivity contribution in [1.29, 1.82) is 0 Å². The van der Waals surface area contributed by atoms with E-state index in [0.717, 1.165) is 47.4 Å². The Balaban J connectivity index is 1.73. The molecular formula is C32H37FN4O7S. The number of halogens is 1. The number of nitro benzene ring substituents is 1. The standard InChI is InChI=1S/C32H37FN4O7S/c1-22-13-18-28(19-30(22)37(40)41)45(42,43)36(26-14-16-27(44-3)17-15-26)21-31(38)35(20-24-9-7-8-12-29(24)33)23(2)32(39)34-25-10-5-4-6-11-25/h7-9,12-19,23,25H,4-6,10-11,20-21H2,1-3H3,(H,34,39)/t23-/m1/s1. The molecule has 13 heteroatoms. The van der Waals surface area contributed by atoms with Crippen molar-refractivity contribution in [2.24, 2.45) is 0 Å². The number of anilines is 1. The molecule has 3 aromatic rings. The lowest BCUT2D eigenvalue weighted by Crippen LogP contribution is -2.53. The molecule has 1 saturated carbocycles. The fourth-order valence-electron chi connectivity index (χ4n) is 5.31. The minimum atomic E-state index is -4.56. The molecule has 0 spiro atoms. The molecule has 0 aliphatic heterocycles. The van der Waals surface area contributed by atoms with Crippen molar-refractivity contribution < 1.29 is 32.1 Å². The highest BCUT2D eigenvalue weighted by molar-refractivity contribution is 7.92. The summed E-state index contributed by atoms with van der Waals surface area (Å²) >= 11 is 0. The summed E-state index contributed by atoms with van der Waals surface area (Å²) in [4.78, 5) is 39.2. The van der Waals surface area contributed by atoms with E-state index in [2.05, 4.69) is 5.32 Å². The quantitative estimate of drug-likeness (QED) is 0.214. The fraction of sp³-hybridized carbons (Fsp3) is 0.375. The van der Waals surface area contributed by atoms with Crippen LogP contribution in [0.15, 0.2) is 71.6 Å². The number of methoxy groups -OCH3 is 1. The zero-order valence-corrected chi connectivity index (χ0v) is 26.3. The summed E-state index contributed by atoms with van der Waals surface area (Å²) in [5, 5.41) is 14.6. The molecule has 1 aliphatic rings. The van der Waals surface area contributed by atoms with E-state index >= 15 is 0 Å². The zero-order valence-electron chi connectivity index (χ0n) is 25.4. The Morgan fingerprint density at radius 3 is 2.36 bits per heavy atom. The van der Waals surface area contributed by atoms with Crippen molar-refractivity contribution >= 4 is 33.2 Å². The Hall–Kier alpha value is -4.52. The van der Waals surface area contributed by atoms with Crippen LogP contribution in [-0.2, 0) is 26.2 Å². The van der Waals surface area contributed by atoms with Crippen LogP contribution in [0.3, 0.4) is 0 Å². The summed E-state index contributed by atoms with van der Waals surface area (Å²) in [6.07, 6.45) is 4.66. The van der Waals surface area contributed by atoms with Crippen molar-refractivity contribution in [3.63, 3.8) is 0 Å². The maximum atomic E-state index is 14.8. The third-order valence-corrected chi connectivity index (χ3v) is 9.79. The van der Waals surface area contributed by atoms with Crippen molar-refractivity contribution in [1.82, 2.24) is 10.2 Å². The van der Waals surface area contributed by atoms with Crippen LogP contribution in [0.5, 0.6) is 5.75 Å². The highest BCUT2D eigenvalue weighted by atomic mass is 32.2. The van der Waals surface area contributed by atoms with Gasteiger partial charge in [0, 0.05) is 29.8 Å². The number of amides is 2. The van der Waals surface area contributed by atoms with Gasteiger partial charge in [-0.15, -0.1) is 0 Å². The monoisotopic (exact) mass is 640 g/mol. The molecule has 0 radical (unpaired) electrons. The minimum absolute atomic E-state index is 0.0485. The third-order valence-electron chi connectivity index (χ3n) is 8.02. The number of sulfonamides is 1. The number of nitro groups is 1. The van der Waals surface area contributed by atoms with E-state index in [1.54, 1.807) is 6.07 Å². The fourth-order valence-corrected chi connectivity index (χ4v) is 6.75. The van der Waals surface area contributed by atoms with Crippen LogP contribution < -0.4 is 14.4 Å². The molecule has 4 rings (SSSR count). The number of ether oxygens (including phenoxy) is 1. The number of carbonyl (C=O) groups excluding carboxylic acids is 2. The van der Waals surface area contributed by atoms with E-state index in [4.69, 9.17) is 4.74 Å². The molecule has 240 valence electrons. The van der Waals surface area contributed by atoms with E-state index in [-0.39, 0.29) is 29.4 Å². The molecule has 0 aromatic heterocycles. The normalized spacial score (nSPS) is 14.3. The number of benzene rings is 3. The number of hydrogen-bond donors (Lipinski definition) is 1. The SMILES string of the molecule is COc1ccc(N(CC(=O)N(Cc2ccccc2F)[C@H](C)C(=O)NC2CCCCC2)S(=O)(=O)c2ccc(C)c([N+](=O)[O-])c2)cc1. The largest absolute Gasteiger partial charge is 0.497 e. The maximum Gasteiger partial charge on any atom is 0.273 e. The van der Waals surface area contributed by atoms with Gasteiger partial charge in [0.1, 0.15) is 24.2 Å². The van der Waals surface area contributed by atoms with Gasteiger partial charge < -0.3 is 15.0 Å². The molecule has 11 nitrogen and oxygen atoms in total. The topological polar surface area (TPSA) is 139 Å². The number of nitrogens with one attached hydrogen (secondary N) is 1. The molecule has 3 aromatic carbocycles. The summed E-state index contributed by atoms with van der Waals surface area (Å²) in [6, 6.07) is 14.1. The molecule has 1 N–H and O–H groups in total. The van der Waals surface area contributed by atoms with Crippen LogP contribution in [0.1, 0.15) is 50.2 Å². The van der Waals surface area contributed by atoms with Crippen LogP contribution in [0.4, 0.5) is 15.8 Å². The molecule has 1 fully saturated rings. The van der Waals surface area contributed by atoms with Crippen LogP contribution in [-0.4, -0.2) is 55.8 Å². The Labute approximate surface area is 262 Å². The molecule has 0 heterocycles. The summed E-state index contributed by atoms with van der Waals surface area (Å²) in [6.45, 7) is 1.94. The predicted molar refractivity (Wildman–Crippen MR) is 167 cm³/mol. The van der Waals surface area contributed by atoms with Gasteiger partial charge in [0.05, 0.1) is 22.6 Å². The average molecular weight is 641 g/mol. The van der Waals surface area contributed by atoms with Crippen LogP contribution in [0.25, 0.3) is 0 Å². The summed E-state index contributed by atoms with van der Waals surface area (Å²) in [5.41, 5.74) is 0.0971. The molecule has 0 unspecified atom stereocenters. The summed E-state index contributed by atoms with van der Waals surface area (Å²) in [5.74, 6) is -1.35. The van der Waals surface area contributed by atoms with Gasteiger partial charge in [0.2, 0.25) is 11.8 Å². The van der Waals surface area contributed by atoms with Gasteiger partial charge >= 0.3 is 0 Å². The van der Waals surface area contributed by atoms with Gasteiger partial charge in [-0.1, -0.05) is 43.5 Å². The van der Waals surface area contributed by atoms with E-state index < -0.39 is 55.7 Å². The number of rotatable bonds is 12. The predicted octanol–water partition coefficient (Wildman–Crippen LogP) is 5.11. The first-order valence-electron chi connectivity index (χ1n) is 14.7. The molecule has 0 bridgehead atoms. The third kappa shape index (κ3) is 7.96. The van der Waals surface area contributed by atoms with Gasteiger partial charge in [0.25, 0.3) is 15.7 Å². The maximum absolute atomic E-state index is 14.8. The first-order chi connectivity index (χ1) is 21.4. The molecule has 0 saturated heterocycles.